The van der Waals surface area contributed by atoms with E-state index < -0.39 is 10.0 Å². The molecule has 21 heavy (non-hydrogen) atoms. The molecule has 2 rings (SSSR count). The molecule has 2 atom stereocenters. The monoisotopic (exact) mass is 313 g/mol. The summed E-state index contributed by atoms with van der Waals surface area (Å²) in [5, 5.41) is 9.40. The number of nitrogens with zero attached hydrogens (tertiary/aromatic N) is 1. The van der Waals surface area contributed by atoms with Crippen LogP contribution in [-0.2, 0) is 27.8 Å². The van der Waals surface area contributed by atoms with E-state index in [-0.39, 0.29) is 23.6 Å². The third kappa shape index (κ3) is 3.13. The quantitative estimate of drug-likeness (QED) is 0.895. The lowest BCUT2D eigenvalue weighted by atomic mass is 10.1. The summed E-state index contributed by atoms with van der Waals surface area (Å²) in [6.07, 6.45) is 1.37. The second-order valence-corrected chi connectivity index (χ2v) is 7.39. The number of aliphatic hydroxyl groups is 1. The molecule has 5 nitrogen and oxygen atoms in total. The van der Waals surface area contributed by atoms with Crippen LogP contribution in [0.2, 0.25) is 0 Å². The number of hydrogen-bond donors (Lipinski definition) is 1. The summed E-state index contributed by atoms with van der Waals surface area (Å²) in [4.78, 5) is 0.227. The zero-order valence-corrected chi connectivity index (χ0v) is 13.6. The fraction of sp³-hybridized carbons (Fsp3) is 0.600. The number of aliphatic hydroxyl groups excluding tert-OH is 1. The van der Waals surface area contributed by atoms with Crippen molar-refractivity contribution in [3.8, 4) is 0 Å². The number of hydrogen-bond acceptors (Lipinski definition) is 4. The van der Waals surface area contributed by atoms with Gasteiger partial charge in [0.1, 0.15) is 0 Å². The number of likely N-dealkylation sites (N-methyl/N-ethyl adjacent to an activating group) is 1. The van der Waals surface area contributed by atoms with E-state index in [9.17, 15) is 13.5 Å². The molecule has 1 fully saturated rings. The van der Waals surface area contributed by atoms with Gasteiger partial charge in [-0.2, -0.15) is 4.31 Å². The normalized spacial score (nSPS) is 22.9. The van der Waals surface area contributed by atoms with Gasteiger partial charge < -0.3 is 9.84 Å². The van der Waals surface area contributed by atoms with Crippen LogP contribution in [-0.4, -0.2) is 43.6 Å². The van der Waals surface area contributed by atoms with E-state index in [1.165, 1.54) is 4.31 Å². The molecule has 0 saturated carbocycles. The summed E-state index contributed by atoms with van der Waals surface area (Å²) < 4.78 is 32.3. The molecule has 1 aliphatic heterocycles. The van der Waals surface area contributed by atoms with E-state index in [2.05, 4.69) is 0 Å². The molecule has 0 amide bonds. The van der Waals surface area contributed by atoms with Crippen molar-refractivity contribution in [2.75, 3.05) is 13.7 Å². The first-order valence-corrected chi connectivity index (χ1v) is 8.68. The molecule has 0 bridgehead atoms. The predicted octanol–water partition coefficient (Wildman–Crippen LogP) is 1.54. The van der Waals surface area contributed by atoms with Crippen LogP contribution in [0.25, 0.3) is 0 Å². The number of rotatable bonds is 5. The molecule has 2 unspecified atom stereocenters. The van der Waals surface area contributed by atoms with E-state index in [0.29, 0.717) is 18.6 Å². The highest BCUT2D eigenvalue weighted by Crippen LogP contribution is 2.26. The van der Waals surface area contributed by atoms with Crippen molar-refractivity contribution in [1.29, 1.82) is 0 Å². The minimum atomic E-state index is -3.57. The first kappa shape index (κ1) is 16.4. The molecular formula is C15H23NO4S. The SMILES string of the molecule is CCc1ccc(S(=O)(=O)N(C)C2CCOC2C)cc1CO. The first-order valence-electron chi connectivity index (χ1n) is 7.24. The third-order valence-corrected chi connectivity index (χ3v) is 6.09. The largest absolute Gasteiger partial charge is 0.392 e. The molecule has 1 aromatic rings. The summed E-state index contributed by atoms with van der Waals surface area (Å²) in [6.45, 7) is 4.30. The zero-order chi connectivity index (χ0) is 15.6. The Morgan fingerprint density at radius 1 is 1.38 bits per heavy atom. The van der Waals surface area contributed by atoms with Crippen molar-refractivity contribution < 1.29 is 18.3 Å². The van der Waals surface area contributed by atoms with Gasteiger partial charge in [-0.25, -0.2) is 8.42 Å². The van der Waals surface area contributed by atoms with Crippen LogP contribution in [0.1, 0.15) is 31.4 Å². The average molecular weight is 313 g/mol. The standard InChI is InChI=1S/C15H23NO4S/c1-4-12-5-6-14(9-13(12)10-17)21(18,19)16(3)15-7-8-20-11(15)2/h5-6,9,11,15,17H,4,7-8,10H2,1-3H3. The fourth-order valence-corrected chi connectivity index (χ4v) is 4.29. The topological polar surface area (TPSA) is 66.8 Å². The van der Waals surface area contributed by atoms with Crippen LogP contribution in [0.5, 0.6) is 0 Å². The second kappa shape index (κ2) is 6.44. The van der Waals surface area contributed by atoms with Gasteiger partial charge in [-0.1, -0.05) is 13.0 Å². The van der Waals surface area contributed by atoms with Crippen LogP contribution >= 0.6 is 0 Å². The van der Waals surface area contributed by atoms with E-state index in [1.54, 1.807) is 25.2 Å². The maximum absolute atomic E-state index is 12.7. The van der Waals surface area contributed by atoms with Crippen molar-refractivity contribution >= 4 is 10.0 Å². The number of sulfonamides is 1. The third-order valence-electron chi connectivity index (χ3n) is 4.21. The second-order valence-electron chi connectivity index (χ2n) is 5.40. The molecule has 1 aliphatic rings. The van der Waals surface area contributed by atoms with Crippen molar-refractivity contribution in [1.82, 2.24) is 4.31 Å². The Kier molecular flexibility index (Phi) is 5.03. The Morgan fingerprint density at radius 2 is 2.10 bits per heavy atom. The van der Waals surface area contributed by atoms with Gasteiger partial charge in [0.25, 0.3) is 0 Å². The van der Waals surface area contributed by atoms with E-state index >= 15 is 0 Å². The summed E-state index contributed by atoms with van der Waals surface area (Å²) in [7, 11) is -1.98. The fourth-order valence-electron chi connectivity index (χ4n) is 2.80. The Morgan fingerprint density at radius 3 is 2.62 bits per heavy atom. The Balaban J connectivity index is 2.35. The number of aryl methyl sites for hydroxylation is 1. The lowest BCUT2D eigenvalue weighted by Gasteiger charge is -2.26. The molecule has 0 spiro atoms. The lowest BCUT2D eigenvalue weighted by molar-refractivity contribution is 0.102. The first-order chi connectivity index (χ1) is 9.91. The zero-order valence-electron chi connectivity index (χ0n) is 12.7. The molecule has 6 heteroatoms. The predicted molar refractivity (Wildman–Crippen MR) is 80.5 cm³/mol. The van der Waals surface area contributed by atoms with E-state index in [0.717, 1.165) is 12.0 Å². The molecular weight excluding hydrogens is 290 g/mol. The highest BCUT2D eigenvalue weighted by molar-refractivity contribution is 7.89. The van der Waals surface area contributed by atoms with Gasteiger partial charge in [-0.05, 0) is 43.0 Å². The van der Waals surface area contributed by atoms with Crippen molar-refractivity contribution in [2.45, 2.75) is 50.3 Å². The molecule has 0 radical (unpaired) electrons. The van der Waals surface area contributed by atoms with Crippen LogP contribution in [0.15, 0.2) is 23.1 Å². The van der Waals surface area contributed by atoms with Crippen LogP contribution in [0.3, 0.4) is 0 Å². The Bertz CT molecular complexity index is 600. The molecule has 0 aliphatic carbocycles. The smallest absolute Gasteiger partial charge is 0.243 e. The molecule has 1 heterocycles. The minimum absolute atomic E-state index is 0.1000. The molecule has 0 aromatic heterocycles. The van der Waals surface area contributed by atoms with Crippen molar-refractivity contribution in [3.63, 3.8) is 0 Å². The van der Waals surface area contributed by atoms with Gasteiger partial charge in [-0.3, -0.25) is 0 Å². The summed E-state index contributed by atoms with van der Waals surface area (Å²) in [6, 6.07) is 4.83. The van der Waals surface area contributed by atoms with Crippen LogP contribution < -0.4 is 0 Å². The maximum Gasteiger partial charge on any atom is 0.243 e. The van der Waals surface area contributed by atoms with Gasteiger partial charge >= 0.3 is 0 Å². The van der Waals surface area contributed by atoms with Gasteiger partial charge in [-0.15, -0.1) is 0 Å². The number of benzene rings is 1. The Hall–Kier alpha value is -0.950. The summed E-state index contributed by atoms with van der Waals surface area (Å²) in [5.41, 5.74) is 1.64. The van der Waals surface area contributed by atoms with Gasteiger partial charge in [0.2, 0.25) is 10.0 Å². The highest BCUT2D eigenvalue weighted by Gasteiger charge is 2.35. The lowest BCUT2D eigenvalue weighted by Crippen LogP contribution is -2.40. The van der Waals surface area contributed by atoms with Gasteiger partial charge in [0.15, 0.2) is 0 Å². The van der Waals surface area contributed by atoms with Crippen LogP contribution in [0.4, 0.5) is 0 Å². The maximum atomic E-state index is 12.7. The Labute approximate surface area is 126 Å². The van der Waals surface area contributed by atoms with E-state index in [1.807, 2.05) is 13.8 Å². The summed E-state index contributed by atoms with van der Waals surface area (Å²) >= 11 is 0. The number of ether oxygens (including phenoxy) is 1. The van der Waals surface area contributed by atoms with Crippen LogP contribution in [0, 0.1) is 0 Å². The molecule has 118 valence electrons. The molecule has 1 saturated heterocycles. The van der Waals surface area contributed by atoms with Crippen molar-refractivity contribution in [3.05, 3.63) is 29.3 Å². The van der Waals surface area contributed by atoms with E-state index in [4.69, 9.17) is 4.74 Å². The molecule has 1 aromatic carbocycles. The van der Waals surface area contributed by atoms with Crippen molar-refractivity contribution in [2.24, 2.45) is 0 Å². The van der Waals surface area contributed by atoms with Gasteiger partial charge in [0.05, 0.1) is 23.6 Å². The molecule has 1 N–H and O–H groups in total. The average Bonchev–Trinajstić information content (AvgIpc) is 2.91. The summed E-state index contributed by atoms with van der Waals surface area (Å²) in [5.74, 6) is 0. The highest BCUT2D eigenvalue weighted by atomic mass is 32.2. The van der Waals surface area contributed by atoms with Gasteiger partial charge in [0, 0.05) is 13.7 Å². The minimum Gasteiger partial charge on any atom is -0.392 e.